The van der Waals surface area contributed by atoms with E-state index in [0.29, 0.717) is 5.75 Å². The number of methoxy groups -OCH3 is 1. The number of ether oxygens (including phenoxy) is 1. The molecule has 0 radical (unpaired) electrons. The van der Waals surface area contributed by atoms with E-state index >= 15 is 0 Å². The summed E-state index contributed by atoms with van der Waals surface area (Å²) in [4.78, 5) is 47.9. The molecule has 2 aromatic carbocycles. The van der Waals surface area contributed by atoms with Crippen molar-refractivity contribution >= 4 is 43.5 Å². The summed E-state index contributed by atoms with van der Waals surface area (Å²) >= 11 is 0. The molecule has 0 spiro atoms. The lowest BCUT2D eigenvalue weighted by molar-refractivity contribution is -0.136. The Bertz CT molecular complexity index is 1630. The molecule has 0 aromatic heterocycles. The third-order valence-electron chi connectivity index (χ3n) is 6.56. The van der Waals surface area contributed by atoms with Gasteiger partial charge in [0.15, 0.2) is 11.6 Å². The summed E-state index contributed by atoms with van der Waals surface area (Å²) in [7, 11) is -10.2. The minimum absolute atomic E-state index is 0.0186. The number of halogens is 4. The number of hydrogen-bond donors (Lipinski definition) is 1. The van der Waals surface area contributed by atoms with Gasteiger partial charge in [-0.25, -0.2) is 0 Å². The predicted octanol–water partition coefficient (Wildman–Crippen LogP) is 3.97. The second-order valence-corrected chi connectivity index (χ2v) is 13.4. The number of nitrogens with one attached hydrogen (secondary N) is 1. The summed E-state index contributed by atoms with van der Waals surface area (Å²) in [6.45, 7) is -1.16. The van der Waals surface area contributed by atoms with E-state index in [-0.39, 0.29) is 43.2 Å². The van der Waals surface area contributed by atoms with E-state index < -0.39 is 80.2 Å². The van der Waals surface area contributed by atoms with Gasteiger partial charge < -0.3 is 10.1 Å². The number of amides is 1. The summed E-state index contributed by atoms with van der Waals surface area (Å²) in [5.74, 6) is -5.57. The molecule has 18 heteroatoms. The first kappa shape index (κ1) is 39.4. The predicted molar refractivity (Wildman–Crippen MR) is 158 cm³/mol. The Morgan fingerprint density at radius 1 is 0.681 bits per heavy atom. The highest BCUT2D eigenvalue weighted by atomic mass is 32.2. The Kier molecular flexibility index (Phi) is 14.2. The molecule has 0 saturated carbocycles. The Hall–Kier alpha value is -3.74. The first-order chi connectivity index (χ1) is 21.9. The van der Waals surface area contributed by atoms with Gasteiger partial charge in [-0.05, 0) is 44.0 Å². The van der Waals surface area contributed by atoms with Crippen LogP contribution in [0.3, 0.4) is 0 Å². The molecule has 2 rings (SSSR count). The second kappa shape index (κ2) is 16.9. The number of aryl methyl sites for hydroxylation is 1. The number of carbonyl (C=O) groups is 4. The highest BCUT2D eigenvalue weighted by Crippen LogP contribution is 2.28. The van der Waals surface area contributed by atoms with Crippen molar-refractivity contribution in [1.82, 2.24) is 5.32 Å². The van der Waals surface area contributed by atoms with Gasteiger partial charge in [0.2, 0.25) is 5.78 Å². The maximum atomic E-state index is 14.3. The van der Waals surface area contributed by atoms with Gasteiger partial charge in [-0.15, -0.1) is 0 Å². The highest BCUT2D eigenvalue weighted by Gasteiger charge is 2.54. The number of ketones is 3. The molecule has 1 amide bonds. The van der Waals surface area contributed by atoms with Crippen LogP contribution in [0.5, 0.6) is 5.75 Å². The van der Waals surface area contributed by atoms with Gasteiger partial charge in [0.1, 0.15) is 19.0 Å². The number of Topliss-reactive ketones (excluding diaryl/α,β-unsaturated/α-hetero) is 3. The molecule has 0 bridgehead atoms. The zero-order valence-corrected chi connectivity index (χ0v) is 26.9. The average Bonchev–Trinajstić information content (AvgIpc) is 3.03. The SMILES string of the molecule is COc1ccc(C(=O)COS(=O)(=O)C(F)(F)C(=O)CCCCCCCNC(=O)C(F)(F)S(=O)(=O)OCC(=O)c2ccc(C)cc2)cc1. The molecule has 1 N–H and O–H groups in total. The van der Waals surface area contributed by atoms with Crippen molar-refractivity contribution in [2.24, 2.45) is 0 Å². The molecule has 0 aliphatic heterocycles. The number of carbonyl (C=O) groups excluding carboxylic acids is 4. The lowest BCUT2D eigenvalue weighted by Gasteiger charge is -2.16. The van der Waals surface area contributed by atoms with Crippen molar-refractivity contribution in [3.8, 4) is 5.75 Å². The van der Waals surface area contributed by atoms with Crippen molar-refractivity contribution in [3.05, 3.63) is 65.2 Å². The van der Waals surface area contributed by atoms with Crippen LogP contribution in [0.2, 0.25) is 0 Å². The Balaban J connectivity index is 1.69. The van der Waals surface area contributed by atoms with E-state index in [1.165, 1.54) is 43.5 Å². The molecule has 47 heavy (non-hydrogen) atoms. The van der Waals surface area contributed by atoms with Crippen LogP contribution in [0.25, 0.3) is 0 Å². The third kappa shape index (κ3) is 10.9. The number of benzene rings is 2. The van der Waals surface area contributed by atoms with Crippen molar-refractivity contribution < 1.29 is 66.7 Å². The summed E-state index contributed by atoms with van der Waals surface area (Å²) < 4.78 is 118. The maximum Gasteiger partial charge on any atom is 0.446 e. The molecule has 260 valence electrons. The Morgan fingerprint density at radius 2 is 1.13 bits per heavy atom. The lowest BCUT2D eigenvalue weighted by atomic mass is 10.1. The third-order valence-corrected chi connectivity index (χ3v) is 9.08. The number of hydrogen-bond acceptors (Lipinski definition) is 11. The lowest BCUT2D eigenvalue weighted by Crippen LogP contribution is -2.47. The smallest absolute Gasteiger partial charge is 0.446 e. The van der Waals surface area contributed by atoms with E-state index in [2.05, 4.69) is 8.37 Å². The summed E-state index contributed by atoms with van der Waals surface area (Å²) in [6, 6.07) is 11.1. The van der Waals surface area contributed by atoms with Gasteiger partial charge in [-0.3, -0.25) is 27.5 Å². The van der Waals surface area contributed by atoms with Crippen molar-refractivity contribution in [1.29, 1.82) is 0 Å². The monoisotopic (exact) mass is 711 g/mol. The quantitative estimate of drug-likeness (QED) is 0.0858. The molecule has 0 fully saturated rings. The van der Waals surface area contributed by atoms with E-state index in [1.807, 2.05) is 0 Å². The van der Waals surface area contributed by atoms with Crippen LogP contribution < -0.4 is 10.1 Å². The minimum atomic E-state index is -5.81. The van der Waals surface area contributed by atoms with E-state index in [9.17, 15) is 53.6 Å². The van der Waals surface area contributed by atoms with Gasteiger partial charge in [-0.1, -0.05) is 49.1 Å². The number of rotatable bonds is 21. The molecule has 0 atom stereocenters. The van der Waals surface area contributed by atoms with Crippen molar-refractivity contribution in [2.45, 2.75) is 56.0 Å². The van der Waals surface area contributed by atoms with Gasteiger partial charge in [-0.2, -0.15) is 34.4 Å². The fourth-order valence-electron chi connectivity index (χ4n) is 3.74. The molecular weight excluding hydrogens is 678 g/mol. The summed E-state index contributed by atoms with van der Waals surface area (Å²) in [6.07, 6.45) is -0.332. The van der Waals surface area contributed by atoms with Crippen LogP contribution in [0.4, 0.5) is 17.6 Å². The van der Waals surface area contributed by atoms with Crippen LogP contribution in [0.1, 0.15) is 64.8 Å². The Morgan fingerprint density at radius 3 is 1.64 bits per heavy atom. The zero-order chi connectivity index (χ0) is 35.5. The van der Waals surface area contributed by atoms with Crippen LogP contribution in [0, 0.1) is 6.92 Å². The van der Waals surface area contributed by atoms with E-state index in [0.717, 1.165) is 5.56 Å². The van der Waals surface area contributed by atoms with E-state index in [1.54, 1.807) is 24.4 Å². The second-order valence-electron chi connectivity index (χ2n) is 10.1. The molecular formula is C29H33F4NO11S2. The fraction of sp³-hybridized carbons (Fsp3) is 0.448. The fourth-order valence-corrected chi connectivity index (χ4v) is 5.24. The topological polar surface area (TPSA) is 176 Å². The minimum Gasteiger partial charge on any atom is -0.497 e. The zero-order valence-electron chi connectivity index (χ0n) is 25.3. The van der Waals surface area contributed by atoms with Crippen LogP contribution in [0.15, 0.2) is 48.5 Å². The van der Waals surface area contributed by atoms with Crippen molar-refractivity contribution in [3.63, 3.8) is 0 Å². The normalized spacial score (nSPS) is 12.4. The molecule has 0 heterocycles. The van der Waals surface area contributed by atoms with Gasteiger partial charge in [0, 0.05) is 24.1 Å². The molecule has 0 unspecified atom stereocenters. The standard InChI is InChI=1S/C29H33F4NO11S2/c1-20-9-11-21(12-10-20)24(35)19-45-47(41,42)29(32,33)27(38)34-17-7-5-3-4-6-8-26(37)28(30,31)46(39,40)44-18-25(36)22-13-15-23(43-2)16-14-22/h9-16H,3-8,17-19H2,1-2H3,(H,34,38). The van der Waals surface area contributed by atoms with Crippen LogP contribution >= 0.6 is 0 Å². The first-order valence-electron chi connectivity index (χ1n) is 14.0. The summed E-state index contributed by atoms with van der Waals surface area (Å²) in [5.41, 5.74) is 0.779. The molecule has 0 aliphatic rings. The number of alkyl halides is 4. The van der Waals surface area contributed by atoms with E-state index in [4.69, 9.17) is 4.74 Å². The first-order valence-corrected chi connectivity index (χ1v) is 16.8. The largest absolute Gasteiger partial charge is 0.497 e. The number of unbranched alkanes of at least 4 members (excludes halogenated alkanes) is 4. The summed E-state index contributed by atoms with van der Waals surface area (Å²) in [5, 5.41) is -8.18. The molecule has 12 nitrogen and oxygen atoms in total. The molecule has 0 saturated heterocycles. The highest BCUT2D eigenvalue weighted by molar-refractivity contribution is 7.89. The molecule has 0 aliphatic carbocycles. The van der Waals surface area contributed by atoms with Gasteiger partial charge in [0.25, 0.3) is 0 Å². The van der Waals surface area contributed by atoms with Gasteiger partial charge >= 0.3 is 36.7 Å². The van der Waals surface area contributed by atoms with Crippen LogP contribution in [-0.2, 0) is 38.2 Å². The molecule has 2 aromatic rings. The maximum absolute atomic E-state index is 14.3. The van der Waals surface area contributed by atoms with Gasteiger partial charge in [0.05, 0.1) is 7.11 Å². The van der Waals surface area contributed by atoms with Crippen molar-refractivity contribution in [2.75, 3.05) is 26.9 Å². The van der Waals surface area contributed by atoms with Crippen LogP contribution in [-0.4, -0.2) is 77.5 Å². The Labute approximate surface area is 269 Å². The average molecular weight is 712 g/mol.